The van der Waals surface area contributed by atoms with E-state index in [0.29, 0.717) is 16.9 Å². The standard InChI is InChI=1S/C14H24ClN3/c1-10(2)6-16-8-12-5-13(15)14(18-9-12)17-7-11(3)4/h5,9-11,16H,6-8H2,1-4H3,(H,17,18). The smallest absolute Gasteiger partial charge is 0.144 e. The molecule has 1 heterocycles. The van der Waals surface area contributed by atoms with Crippen LogP contribution in [0, 0.1) is 11.8 Å². The van der Waals surface area contributed by atoms with E-state index >= 15 is 0 Å². The van der Waals surface area contributed by atoms with Gasteiger partial charge in [0, 0.05) is 19.3 Å². The Morgan fingerprint density at radius 3 is 2.39 bits per heavy atom. The van der Waals surface area contributed by atoms with Crippen molar-refractivity contribution in [3.05, 3.63) is 22.8 Å². The van der Waals surface area contributed by atoms with E-state index in [9.17, 15) is 0 Å². The Kier molecular flexibility index (Phi) is 6.44. The van der Waals surface area contributed by atoms with Crippen LogP contribution in [0.3, 0.4) is 0 Å². The fourth-order valence-corrected chi connectivity index (χ4v) is 1.77. The molecule has 102 valence electrons. The second kappa shape index (κ2) is 7.59. The molecular formula is C14H24ClN3. The molecule has 0 bridgehead atoms. The minimum absolute atomic E-state index is 0.579. The van der Waals surface area contributed by atoms with Crippen molar-refractivity contribution in [3.63, 3.8) is 0 Å². The Labute approximate surface area is 115 Å². The summed E-state index contributed by atoms with van der Waals surface area (Å²) in [5, 5.41) is 7.32. The Balaban J connectivity index is 2.51. The zero-order valence-corrected chi connectivity index (χ0v) is 12.5. The van der Waals surface area contributed by atoms with Crippen molar-refractivity contribution in [2.75, 3.05) is 18.4 Å². The van der Waals surface area contributed by atoms with Crippen molar-refractivity contribution in [1.29, 1.82) is 0 Å². The molecule has 1 rings (SSSR count). The number of aromatic nitrogens is 1. The van der Waals surface area contributed by atoms with Crippen LogP contribution >= 0.6 is 11.6 Å². The predicted molar refractivity (Wildman–Crippen MR) is 79.1 cm³/mol. The van der Waals surface area contributed by atoms with Gasteiger partial charge >= 0.3 is 0 Å². The van der Waals surface area contributed by atoms with Gasteiger partial charge in [0.2, 0.25) is 0 Å². The summed E-state index contributed by atoms with van der Waals surface area (Å²) in [5.74, 6) is 2.01. The first-order valence-electron chi connectivity index (χ1n) is 6.58. The fraction of sp³-hybridized carbons (Fsp3) is 0.643. The number of anilines is 1. The fourth-order valence-electron chi connectivity index (χ4n) is 1.51. The van der Waals surface area contributed by atoms with Gasteiger partial charge in [-0.2, -0.15) is 0 Å². The number of halogens is 1. The molecule has 0 spiro atoms. The monoisotopic (exact) mass is 269 g/mol. The highest BCUT2D eigenvalue weighted by atomic mass is 35.5. The van der Waals surface area contributed by atoms with Gasteiger partial charge in [0.1, 0.15) is 5.82 Å². The van der Waals surface area contributed by atoms with E-state index in [2.05, 4.69) is 43.3 Å². The molecule has 4 heteroatoms. The number of nitrogens with one attached hydrogen (secondary N) is 2. The van der Waals surface area contributed by atoms with Crippen molar-refractivity contribution >= 4 is 17.4 Å². The summed E-state index contributed by atoms with van der Waals surface area (Å²) in [6, 6.07) is 1.98. The molecule has 2 N–H and O–H groups in total. The molecular weight excluding hydrogens is 246 g/mol. The van der Waals surface area contributed by atoms with Crippen LogP contribution in [-0.4, -0.2) is 18.1 Å². The van der Waals surface area contributed by atoms with Gasteiger partial charge in [0.05, 0.1) is 5.02 Å². The molecule has 0 saturated carbocycles. The van der Waals surface area contributed by atoms with E-state index in [0.717, 1.165) is 31.0 Å². The van der Waals surface area contributed by atoms with Crippen LogP contribution < -0.4 is 10.6 Å². The van der Waals surface area contributed by atoms with E-state index in [4.69, 9.17) is 11.6 Å². The van der Waals surface area contributed by atoms with Gasteiger partial charge in [-0.15, -0.1) is 0 Å². The summed E-state index contributed by atoms with van der Waals surface area (Å²) in [6.07, 6.45) is 1.88. The summed E-state index contributed by atoms with van der Waals surface area (Å²) >= 11 is 6.20. The number of nitrogens with zero attached hydrogens (tertiary/aromatic N) is 1. The zero-order valence-electron chi connectivity index (χ0n) is 11.8. The lowest BCUT2D eigenvalue weighted by molar-refractivity contribution is 0.552. The molecule has 0 aliphatic carbocycles. The average molecular weight is 270 g/mol. The van der Waals surface area contributed by atoms with Crippen molar-refractivity contribution in [2.45, 2.75) is 34.2 Å². The van der Waals surface area contributed by atoms with Crippen LogP contribution in [0.15, 0.2) is 12.3 Å². The third kappa shape index (κ3) is 5.69. The molecule has 18 heavy (non-hydrogen) atoms. The largest absolute Gasteiger partial charge is 0.369 e. The molecule has 3 nitrogen and oxygen atoms in total. The third-order valence-electron chi connectivity index (χ3n) is 2.46. The average Bonchev–Trinajstić information content (AvgIpc) is 2.27. The van der Waals surface area contributed by atoms with Gasteiger partial charge in [0.15, 0.2) is 0 Å². The molecule has 0 radical (unpaired) electrons. The summed E-state index contributed by atoms with van der Waals surface area (Å²) in [4.78, 5) is 4.36. The highest BCUT2D eigenvalue weighted by Crippen LogP contribution is 2.20. The van der Waals surface area contributed by atoms with Crippen LogP contribution in [0.5, 0.6) is 0 Å². The van der Waals surface area contributed by atoms with Gasteiger partial charge in [-0.25, -0.2) is 4.98 Å². The first kappa shape index (κ1) is 15.3. The molecule has 0 aliphatic heterocycles. The van der Waals surface area contributed by atoms with Crippen molar-refractivity contribution < 1.29 is 0 Å². The number of hydrogen-bond acceptors (Lipinski definition) is 3. The lowest BCUT2D eigenvalue weighted by Crippen LogP contribution is -2.19. The number of pyridine rings is 1. The number of hydrogen-bond donors (Lipinski definition) is 2. The summed E-state index contributed by atoms with van der Waals surface area (Å²) < 4.78 is 0. The van der Waals surface area contributed by atoms with Crippen LogP contribution in [-0.2, 0) is 6.54 Å². The summed E-state index contributed by atoms with van der Waals surface area (Å²) in [5.41, 5.74) is 1.12. The van der Waals surface area contributed by atoms with Crippen molar-refractivity contribution in [3.8, 4) is 0 Å². The molecule has 0 fully saturated rings. The quantitative estimate of drug-likeness (QED) is 0.795. The lowest BCUT2D eigenvalue weighted by atomic mass is 10.2. The third-order valence-corrected chi connectivity index (χ3v) is 2.75. The Morgan fingerprint density at radius 1 is 1.17 bits per heavy atom. The second-order valence-corrected chi connectivity index (χ2v) is 5.88. The highest BCUT2D eigenvalue weighted by molar-refractivity contribution is 6.32. The molecule has 1 aromatic rings. The normalized spacial score (nSPS) is 11.3. The maximum atomic E-state index is 6.20. The number of rotatable bonds is 7. The minimum atomic E-state index is 0.579. The molecule has 0 atom stereocenters. The molecule has 1 aromatic heterocycles. The summed E-state index contributed by atoms with van der Waals surface area (Å²) in [6.45, 7) is 11.4. The van der Waals surface area contributed by atoms with E-state index in [1.54, 1.807) is 0 Å². The molecule has 0 aromatic carbocycles. The minimum Gasteiger partial charge on any atom is -0.369 e. The van der Waals surface area contributed by atoms with Crippen LogP contribution in [0.2, 0.25) is 5.02 Å². The summed E-state index contributed by atoms with van der Waals surface area (Å²) in [7, 11) is 0. The van der Waals surface area contributed by atoms with Gasteiger partial charge in [-0.3, -0.25) is 0 Å². The Bertz CT molecular complexity index is 364. The SMILES string of the molecule is CC(C)CNCc1cnc(NCC(C)C)c(Cl)c1. The Hall–Kier alpha value is -0.800. The zero-order chi connectivity index (χ0) is 13.5. The molecule has 0 unspecified atom stereocenters. The highest BCUT2D eigenvalue weighted by Gasteiger charge is 2.04. The van der Waals surface area contributed by atoms with Crippen LogP contribution in [0.1, 0.15) is 33.3 Å². The van der Waals surface area contributed by atoms with Gasteiger partial charge in [0.25, 0.3) is 0 Å². The van der Waals surface area contributed by atoms with Crippen molar-refractivity contribution in [2.24, 2.45) is 11.8 Å². The predicted octanol–water partition coefficient (Wildman–Crippen LogP) is 3.55. The first-order valence-corrected chi connectivity index (χ1v) is 6.95. The van der Waals surface area contributed by atoms with Gasteiger partial charge in [-0.1, -0.05) is 39.3 Å². The van der Waals surface area contributed by atoms with Crippen molar-refractivity contribution in [1.82, 2.24) is 10.3 Å². The molecule has 0 saturated heterocycles. The van der Waals surface area contributed by atoms with E-state index < -0.39 is 0 Å². The topological polar surface area (TPSA) is 37.0 Å². The maximum absolute atomic E-state index is 6.20. The maximum Gasteiger partial charge on any atom is 0.144 e. The van der Waals surface area contributed by atoms with Crippen LogP contribution in [0.4, 0.5) is 5.82 Å². The molecule has 0 aliphatic rings. The van der Waals surface area contributed by atoms with Gasteiger partial charge < -0.3 is 10.6 Å². The van der Waals surface area contributed by atoms with E-state index in [-0.39, 0.29) is 0 Å². The Morgan fingerprint density at radius 2 is 1.83 bits per heavy atom. The van der Waals surface area contributed by atoms with E-state index in [1.807, 2.05) is 12.3 Å². The second-order valence-electron chi connectivity index (χ2n) is 5.47. The van der Waals surface area contributed by atoms with Crippen LogP contribution in [0.25, 0.3) is 0 Å². The van der Waals surface area contributed by atoms with Gasteiger partial charge in [-0.05, 0) is 30.0 Å². The molecule has 0 amide bonds. The first-order chi connectivity index (χ1) is 8.49. The van der Waals surface area contributed by atoms with E-state index in [1.165, 1.54) is 0 Å². The lowest BCUT2D eigenvalue weighted by Gasteiger charge is -2.11.